The van der Waals surface area contributed by atoms with Gasteiger partial charge in [-0.15, -0.1) is 0 Å². The number of nitrogens with one attached hydrogen (secondary N) is 2. The van der Waals surface area contributed by atoms with Gasteiger partial charge in [0.1, 0.15) is 11.8 Å². The number of fused-ring (bicyclic) bond motifs is 1. The predicted molar refractivity (Wildman–Crippen MR) is 114 cm³/mol. The quantitative estimate of drug-likeness (QED) is 0.777. The van der Waals surface area contributed by atoms with E-state index in [2.05, 4.69) is 10.6 Å². The molecule has 3 rings (SSSR count). The van der Waals surface area contributed by atoms with Gasteiger partial charge in [0.05, 0.1) is 18.6 Å². The van der Waals surface area contributed by atoms with Crippen LogP contribution < -0.4 is 15.4 Å². The molecule has 1 fully saturated rings. The van der Waals surface area contributed by atoms with Crippen molar-refractivity contribution in [2.75, 3.05) is 20.2 Å². The summed E-state index contributed by atoms with van der Waals surface area (Å²) in [5.74, 6) is -0.327. The van der Waals surface area contributed by atoms with Crippen LogP contribution in [-0.4, -0.2) is 54.9 Å². The zero-order valence-electron chi connectivity index (χ0n) is 17.8. The van der Waals surface area contributed by atoms with Gasteiger partial charge in [-0.1, -0.05) is 37.8 Å². The highest BCUT2D eigenvalue weighted by Crippen LogP contribution is 2.20. The molecule has 1 saturated carbocycles. The number of hydrogen-bond donors (Lipinski definition) is 2. The second-order valence-electron chi connectivity index (χ2n) is 8.29. The van der Waals surface area contributed by atoms with Crippen molar-refractivity contribution in [2.45, 2.75) is 69.9 Å². The first-order chi connectivity index (χ1) is 14.5. The van der Waals surface area contributed by atoms with E-state index in [9.17, 15) is 14.4 Å². The average molecular weight is 416 g/mol. The molecule has 2 aliphatic rings. The van der Waals surface area contributed by atoms with Gasteiger partial charge in [-0.05, 0) is 37.8 Å². The van der Waals surface area contributed by atoms with Crippen molar-refractivity contribution in [3.05, 3.63) is 29.8 Å². The summed E-state index contributed by atoms with van der Waals surface area (Å²) in [5.41, 5.74) is 0.381. The number of carbonyl (C=O) groups excluding carboxylic acids is 3. The van der Waals surface area contributed by atoms with Gasteiger partial charge in [-0.2, -0.15) is 0 Å². The molecular weight excluding hydrogens is 382 g/mol. The Hall–Kier alpha value is -2.57. The molecule has 0 aromatic heterocycles. The molecule has 1 aromatic rings. The Morgan fingerprint density at radius 1 is 1.07 bits per heavy atom. The molecule has 0 spiro atoms. The number of nitrogens with zero attached hydrogens (tertiary/aromatic N) is 1. The number of para-hydroxylation sites is 1. The summed E-state index contributed by atoms with van der Waals surface area (Å²) in [6.07, 6.45) is 7.82. The van der Waals surface area contributed by atoms with Crippen LogP contribution in [0.1, 0.15) is 68.1 Å². The number of amides is 3. The van der Waals surface area contributed by atoms with Crippen LogP contribution in [0, 0.1) is 0 Å². The van der Waals surface area contributed by atoms with Crippen LogP contribution in [0.3, 0.4) is 0 Å². The first-order valence-corrected chi connectivity index (χ1v) is 11.1. The van der Waals surface area contributed by atoms with E-state index in [1.54, 1.807) is 30.1 Å². The van der Waals surface area contributed by atoms with Crippen LogP contribution in [0.25, 0.3) is 0 Å². The van der Waals surface area contributed by atoms with E-state index in [0.29, 0.717) is 24.5 Å². The van der Waals surface area contributed by atoms with Gasteiger partial charge in [0.15, 0.2) is 0 Å². The van der Waals surface area contributed by atoms with Gasteiger partial charge in [0.2, 0.25) is 11.8 Å². The van der Waals surface area contributed by atoms with Crippen LogP contribution in [0.15, 0.2) is 24.3 Å². The van der Waals surface area contributed by atoms with E-state index in [-0.39, 0.29) is 24.3 Å². The second-order valence-corrected chi connectivity index (χ2v) is 8.29. The largest absolute Gasteiger partial charge is 0.493 e. The van der Waals surface area contributed by atoms with Crippen molar-refractivity contribution in [1.29, 1.82) is 0 Å². The second kappa shape index (κ2) is 11.0. The standard InChI is InChI=1S/C23H33N3O4/c1-26-14-8-2-3-9-15-30-20-13-7-6-12-18(20)22(28)25-19(16-21(26)27)23(29)24-17-10-4-5-11-17/h6-7,12-13,17,19H,2-5,8-11,14-16H2,1H3,(H,24,29)(H,25,28)/t19-/m0/s1. The molecule has 30 heavy (non-hydrogen) atoms. The smallest absolute Gasteiger partial charge is 0.255 e. The van der Waals surface area contributed by atoms with Crippen LogP contribution >= 0.6 is 0 Å². The third kappa shape index (κ3) is 6.21. The molecule has 1 aliphatic heterocycles. The van der Waals surface area contributed by atoms with Gasteiger partial charge in [0, 0.05) is 19.6 Å². The summed E-state index contributed by atoms with van der Waals surface area (Å²) < 4.78 is 5.84. The van der Waals surface area contributed by atoms with Crippen molar-refractivity contribution in [1.82, 2.24) is 15.5 Å². The summed E-state index contributed by atoms with van der Waals surface area (Å²) in [4.78, 5) is 40.3. The molecule has 7 heteroatoms. The van der Waals surface area contributed by atoms with Crippen molar-refractivity contribution in [3.8, 4) is 5.75 Å². The highest BCUT2D eigenvalue weighted by molar-refractivity contribution is 6.00. The van der Waals surface area contributed by atoms with Crippen molar-refractivity contribution in [3.63, 3.8) is 0 Å². The van der Waals surface area contributed by atoms with Gasteiger partial charge in [-0.25, -0.2) is 0 Å². The van der Waals surface area contributed by atoms with Crippen molar-refractivity contribution in [2.24, 2.45) is 0 Å². The topological polar surface area (TPSA) is 87.7 Å². The molecule has 0 radical (unpaired) electrons. The Bertz CT molecular complexity index is 746. The summed E-state index contributed by atoms with van der Waals surface area (Å²) in [7, 11) is 1.76. The fourth-order valence-electron chi connectivity index (χ4n) is 4.04. The van der Waals surface area contributed by atoms with E-state index >= 15 is 0 Å². The van der Waals surface area contributed by atoms with Gasteiger partial charge >= 0.3 is 0 Å². The van der Waals surface area contributed by atoms with Gasteiger partial charge in [0.25, 0.3) is 5.91 Å². The van der Waals surface area contributed by atoms with E-state index in [4.69, 9.17) is 4.74 Å². The van der Waals surface area contributed by atoms with E-state index in [1.807, 2.05) is 6.07 Å². The Kier molecular flexibility index (Phi) is 8.11. The maximum absolute atomic E-state index is 13.0. The first-order valence-electron chi connectivity index (χ1n) is 11.1. The molecule has 1 heterocycles. The number of ether oxygens (including phenoxy) is 1. The molecule has 2 N–H and O–H groups in total. The highest BCUT2D eigenvalue weighted by atomic mass is 16.5. The fourth-order valence-corrected chi connectivity index (χ4v) is 4.04. The fraction of sp³-hybridized carbons (Fsp3) is 0.609. The van der Waals surface area contributed by atoms with Crippen LogP contribution in [-0.2, 0) is 9.59 Å². The monoisotopic (exact) mass is 415 g/mol. The lowest BCUT2D eigenvalue weighted by Gasteiger charge is -2.24. The minimum absolute atomic E-state index is 0.0518. The Balaban J connectivity index is 1.79. The van der Waals surface area contributed by atoms with E-state index in [1.165, 1.54) is 0 Å². The van der Waals surface area contributed by atoms with Gasteiger partial charge in [-0.3, -0.25) is 14.4 Å². The first kappa shape index (κ1) is 22.1. The lowest BCUT2D eigenvalue weighted by atomic mass is 10.1. The minimum Gasteiger partial charge on any atom is -0.493 e. The molecule has 0 unspecified atom stereocenters. The molecule has 7 nitrogen and oxygen atoms in total. The average Bonchev–Trinajstić information content (AvgIpc) is 3.24. The van der Waals surface area contributed by atoms with E-state index < -0.39 is 11.9 Å². The molecule has 0 bridgehead atoms. The molecule has 0 saturated heterocycles. The minimum atomic E-state index is -0.911. The summed E-state index contributed by atoms with van der Waals surface area (Å²) in [6, 6.07) is 6.24. The zero-order valence-corrected chi connectivity index (χ0v) is 17.8. The molecule has 1 atom stereocenters. The zero-order chi connectivity index (χ0) is 21.3. The van der Waals surface area contributed by atoms with Crippen LogP contribution in [0.2, 0.25) is 0 Å². The summed E-state index contributed by atoms with van der Waals surface area (Å²) in [5, 5.41) is 5.81. The van der Waals surface area contributed by atoms with Gasteiger partial charge < -0.3 is 20.3 Å². The number of benzene rings is 1. The summed E-state index contributed by atoms with van der Waals surface area (Å²) >= 11 is 0. The maximum atomic E-state index is 13.0. The molecule has 3 amide bonds. The summed E-state index contributed by atoms with van der Waals surface area (Å²) in [6.45, 7) is 1.18. The third-order valence-electron chi connectivity index (χ3n) is 5.90. The van der Waals surface area contributed by atoms with Crippen LogP contribution in [0.4, 0.5) is 0 Å². The van der Waals surface area contributed by atoms with E-state index in [0.717, 1.165) is 51.4 Å². The lowest BCUT2D eigenvalue weighted by molar-refractivity contribution is -0.134. The Morgan fingerprint density at radius 2 is 1.80 bits per heavy atom. The number of carbonyl (C=O) groups is 3. The highest BCUT2D eigenvalue weighted by Gasteiger charge is 2.29. The predicted octanol–water partition coefficient (Wildman–Crippen LogP) is 2.65. The molecule has 1 aromatic carbocycles. The molecule has 1 aliphatic carbocycles. The molecule has 164 valence electrons. The number of rotatable bonds is 2. The Morgan fingerprint density at radius 3 is 2.60 bits per heavy atom. The maximum Gasteiger partial charge on any atom is 0.255 e. The lowest BCUT2D eigenvalue weighted by Crippen LogP contribution is -2.51. The van der Waals surface area contributed by atoms with Crippen LogP contribution in [0.5, 0.6) is 5.75 Å². The van der Waals surface area contributed by atoms with Crippen molar-refractivity contribution < 1.29 is 19.1 Å². The normalized spacial score (nSPS) is 22.3. The SMILES string of the molecule is CN1CCCCCCOc2ccccc2C(=O)N[C@H](C(=O)NC2CCCC2)CC1=O. The van der Waals surface area contributed by atoms with Crippen molar-refractivity contribution >= 4 is 17.7 Å². The number of hydrogen-bond acceptors (Lipinski definition) is 4. The molecular formula is C23H33N3O4. The Labute approximate surface area is 178 Å². The third-order valence-corrected chi connectivity index (χ3v) is 5.90.